The van der Waals surface area contributed by atoms with Gasteiger partial charge in [0.05, 0.1) is 0 Å². The molecular formula is C13H15NO2. The molecule has 1 aliphatic rings. The van der Waals surface area contributed by atoms with Gasteiger partial charge in [0.1, 0.15) is 6.29 Å². The number of para-hydroxylation sites is 1. The smallest absolute Gasteiger partial charge is 0.224 e. The molecule has 3 nitrogen and oxygen atoms in total. The maximum atomic E-state index is 11.6. The summed E-state index contributed by atoms with van der Waals surface area (Å²) in [6.07, 6.45) is 1.69. The topological polar surface area (TPSA) is 37.4 Å². The second-order valence-electron chi connectivity index (χ2n) is 4.28. The van der Waals surface area contributed by atoms with E-state index in [-0.39, 0.29) is 17.9 Å². The average Bonchev–Trinajstić information content (AvgIpc) is 2.27. The van der Waals surface area contributed by atoms with E-state index in [9.17, 15) is 9.59 Å². The van der Waals surface area contributed by atoms with Gasteiger partial charge in [-0.1, -0.05) is 18.2 Å². The zero-order chi connectivity index (χ0) is 11.7. The monoisotopic (exact) mass is 217 g/mol. The number of carbonyl (C=O) groups is 2. The average molecular weight is 217 g/mol. The molecule has 0 radical (unpaired) electrons. The zero-order valence-electron chi connectivity index (χ0n) is 9.51. The third-order valence-corrected chi connectivity index (χ3v) is 3.14. The van der Waals surface area contributed by atoms with Crippen LogP contribution in [-0.2, 0) is 9.59 Å². The molecule has 0 saturated heterocycles. The van der Waals surface area contributed by atoms with Crippen molar-refractivity contribution in [3.8, 4) is 0 Å². The number of hydrogen-bond donors (Lipinski definition) is 0. The second kappa shape index (κ2) is 4.08. The molecule has 1 heterocycles. The molecule has 1 aliphatic heterocycles. The lowest BCUT2D eigenvalue weighted by Crippen LogP contribution is -2.42. The van der Waals surface area contributed by atoms with Crippen LogP contribution in [0.25, 0.3) is 0 Å². The minimum Gasteiger partial charge on any atom is -0.310 e. The van der Waals surface area contributed by atoms with E-state index >= 15 is 0 Å². The van der Waals surface area contributed by atoms with Crippen LogP contribution >= 0.6 is 0 Å². The standard InChI is InChI=1S/C13H15NO2/c1-9-7-11(8-15)12-5-3-4-6-13(12)14(9)10(2)16/h3-6,8-9,11H,7H2,1-2H3/t9-,11-/m1/s1. The number of rotatable bonds is 1. The number of nitrogens with zero attached hydrogens (tertiary/aromatic N) is 1. The van der Waals surface area contributed by atoms with Crippen LogP contribution in [0, 0.1) is 0 Å². The van der Waals surface area contributed by atoms with Gasteiger partial charge in [-0.15, -0.1) is 0 Å². The molecule has 1 aromatic carbocycles. The van der Waals surface area contributed by atoms with E-state index < -0.39 is 0 Å². The third kappa shape index (κ3) is 1.62. The van der Waals surface area contributed by atoms with E-state index in [1.54, 1.807) is 11.8 Å². The van der Waals surface area contributed by atoms with Gasteiger partial charge in [-0.3, -0.25) is 4.79 Å². The van der Waals surface area contributed by atoms with E-state index in [1.165, 1.54) is 0 Å². The van der Waals surface area contributed by atoms with E-state index in [0.29, 0.717) is 6.42 Å². The molecule has 3 heteroatoms. The van der Waals surface area contributed by atoms with Crippen LogP contribution in [0.1, 0.15) is 31.7 Å². The lowest BCUT2D eigenvalue weighted by Gasteiger charge is -2.37. The molecule has 0 bridgehead atoms. The third-order valence-electron chi connectivity index (χ3n) is 3.14. The Morgan fingerprint density at radius 2 is 2.12 bits per heavy atom. The van der Waals surface area contributed by atoms with Gasteiger partial charge in [0, 0.05) is 24.6 Å². The molecule has 84 valence electrons. The Hall–Kier alpha value is -1.64. The minimum absolute atomic E-state index is 0.0318. The van der Waals surface area contributed by atoms with Crippen molar-refractivity contribution >= 4 is 17.9 Å². The Kier molecular flexibility index (Phi) is 2.77. The van der Waals surface area contributed by atoms with Gasteiger partial charge in [0.2, 0.25) is 5.91 Å². The predicted octanol–water partition coefficient (Wildman–Crippen LogP) is 2.11. The summed E-state index contributed by atoms with van der Waals surface area (Å²) in [4.78, 5) is 24.4. The van der Waals surface area contributed by atoms with Gasteiger partial charge in [0.25, 0.3) is 0 Å². The first kappa shape index (κ1) is 10.9. The van der Waals surface area contributed by atoms with Crippen molar-refractivity contribution in [3.05, 3.63) is 29.8 Å². The molecule has 1 amide bonds. The van der Waals surface area contributed by atoms with Crippen LogP contribution in [0.15, 0.2) is 24.3 Å². The van der Waals surface area contributed by atoms with Gasteiger partial charge in [-0.05, 0) is 25.0 Å². The fourth-order valence-electron chi connectivity index (χ4n) is 2.47. The normalized spacial score (nSPS) is 23.8. The summed E-state index contributed by atoms with van der Waals surface area (Å²) < 4.78 is 0. The summed E-state index contributed by atoms with van der Waals surface area (Å²) in [7, 11) is 0. The van der Waals surface area contributed by atoms with Crippen LogP contribution in [0.2, 0.25) is 0 Å². The van der Waals surface area contributed by atoms with Crippen LogP contribution in [0.5, 0.6) is 0 Å². The van der Waals surface area contributed by atoms with Gasteiger partial charge < -0.3 is 9.69 Å². The number of aldehydes is 1. The van der Waals surface area contributed by atoms with Gasteiger partial charge >= 0.3 is 0 Å². The molecule has 2 atom stereocenters. The maximum absolute atomic E-state index is 11.6. The summed E-state index contributed by atoms with van der Waals surface area (Å²) in [6.45, 7) is 3.54. The Morgan fingerprint density at radius 3 is 2.75 bits per heavy atom. The molecule has 0 saturated carbocycles. The Labute approximate surface area is 95.1 Å². The molecule has 2 rings (SSSR count). The number of benzene rings is 1. The fourth-order valence-corrected chi connectivity index (χ4v) is 2.47. The van der Waals surface area contributed by atoms with Crippen LogP contribution < -0.4 is 4.90 Å². The van der Waals surface area contributed by atoms with E-state index in [4.69, 9.17) is 0 Å². The molecule has 0 aromatic heterocycles. The Bertz CT molecular complexity index is 428. The molecule has 0 unspecified atom stereocenters. The first-order valence-corrected chi connectivity index (χ1v) is 5.49. The van der Waals surface area contributed by atoms with Crippen molar-refractivity contribution in [3.63, 3.8) is 0 Å². The zero-order valence-corrected chi connectivity index (χ0v) is 9.51. The minimum atomic E-state index is -0.0817. The Morgan fingerprint density at radius 1 is 1.44 bits per heavy atom. The van der Waals surface area contributed by atoms with Crippen LogP contribution in [-0.4, -0.2) is 18.2 Å². The van der Waals surface area contributed by atoms with E-state index in [1.807, 2.05) is 31.2 Å². The molecular weight excluding hydrogens is 202 g/mol. The number of amides is 1. The summed E-state index contributed by atoms with van der Waals surface area (Å²) in [6, 6.07) is 7.72. The van der Waals surface area contributed by atoms with Gasteiger partial charge in [-0.25, -0.2) is 0 Å². The van der Waals surface area contributed by atoms with Crippen LogP contribution in [0.4, 0.5) is 5.69 Å². The summed E-state index contributed by atoms with van der Waals surface area (Å²) in [5.41, 5.74) is 1.84. The number of fused-ring (bicyclic) bond motifs is 1. The highest BCUT2D eigenvalue weighted by Crippen LogP contribution is 2.37. The molecule has 0 aliphatic carbocycles. The van der Waals surface area contributed by atoms with E-state index in [0.717, 1.165) is 17.5 Å². The lowest BCUT2D eigenvalue weighted by atomic mass is 9.87. The van der Waals surface area contributed by atoms with Crippen molar-refractivity contribution in [2.75, 3.05) is 4.90 Å². The Balaban J connectivity index is 2.53. The highest BCUT2D eigenvalue weighted by Gasteiger charge is 2.31. The predicted molar refractivity (Wildman–Crippen MR) is 62.5 cm³/mol. The number of anilines is 1. The van der Waals surface area contributed by atoms with Crippen molar-refractivity contribution in [1.29, 1.82) is 0 Å². The molecule has 0 spiro atoms. The SMILES string of the molecule is CC(=O)N1c2ccccc2[C@@H](C=O)C[C@H]1C. The summed E-state index contributed by atoms with van der Waals surface area (Å²) in [5, 5.41) is 0. The largest absolute Gasteiger partial charge is 0.310 e. The van der Waals surface area contributed by atoms with Crippen molar-refractivity contribution < 1.29 is 9.59 Å². The van der Waals surface area contributed by atoms with E-state index in [2.05, 4.69) is 0 Å². The first-order valence-electron chi connectivity index (χ1n) is 5.49. The molecule has 1 aromatic rings. The lowest BCUT2D eigenvalue weighted by molar-refractivity contribution is -0.117. The molecule has 0 fully saturated rings. The molecule has 0 N–H and O–H groups in total. The summed E-state index contributed by atoms with van der Waals surface area (Å²) in [5.74, 6) is -0.0499. The highest BCUT2D eigenvalue weighted by atomic mass is 16.2. The quantitative estimate of drug-likeness (QED) is 0.676. The maximum Gasteiger partial charge on any atom is 0.224 e. The summed E-state index contributed by atoms with van der Waals surface area (Å²) >= 11 is 0. The second-order valence-corrected chi connectivity index (χ2v) is 4.28. The van der Waals surface area contributed by atoms with Gasteiger partial charge in [-0.2, -0.15) is 0 Å². The van der Waals surface area contributed by atoms with Crippen molar-refractivity contribution in [2.24, 2.45) is 0 Å². The first-order chi connectivity index (χ1) is 7.65. The number of carbonyl (C=O) groups excluding carboxylic acids is 2. The van der Waals surface area contributed by atoms with Gasteiger partial charge in [0.15, 0.2) is 0 Å². The van der Waals surface area contributed by atoms with Crippen LogP contribution in [0.3, 0.4) is 0 Å². The van der Waals surface area contributed by atoms with Crippen molar-refractivity contribution in [1.82, 2.24) is 0 Å². The highest BCUT2D eigenvalue weighted by molar-refractivity contribution is 5.94. The van der Waals surface area contributed by atoms with Crippen molar-refractivity contribution in [2.45, 2.75) is 32.2 Å². The fraction of sp³-hybridized carbons (Fsp3) is 0.385. The number of hydrogen-bond acceptors (Lipinski definition) is 2. The molecule has 16 heavy (non-hydrogen) atoms.